The third kappa shape index (κ3) is 2.87. The van der Waals surface area contributed by atoms with Crippen molar-refractivity contribution in [2.24, 2.45) is 5.92 Å². The fraction of sp³-hybridized carbons (Fsp3) is 0.500. The van der Waals surface area contributed by atoms with E-state index < -0.39 is 0 Å². The Balaban J connectivity index is 2.20. The summed E-state index contributed by atoms with van der Waals surface area (Å²) in [6.45, 7) is 8.55. The van der Waals surface area contributed by atoms with Crippen LogP contribution in [0.25, 0.3) is 10.9 Å². The standard InChI is InChI=1S/C16H23NO/c1-4-10-18-15-6-7-16-14(11-15)8-9-17(16)12-13(3)5-2/h6-9,11,13H,4-5,10,12H2,1-3H3. The Bertz CT molecular complexity index is 501. The highest BCUT2D eigenvalue weighted by molar-refractivity contribution is 5.81. The number of ether oxygens (including phenoxy) is 1. The summed E-state index contributed by atoms with van der Waals surface area (Å²) >= 11 is 0. The summed E-state index contributed by atoms with van der Waals surface area (Å²) in [5, 5.41) is 1.27. The summed E-state index contributed by atoms with van der Waals surface area (Å²) in [5.74, 6) is 1.70. The smallest absolute Gasteiger partial charge is 0.120 e. The van der Waals surface area contributed by atoms with Crippen LogP contribution in [0, 0.1) is 5.92 Å². The third-order valence-electron chi connectivity index (χ3n) is 3.42. The average Bonchev–Trinajstić information content (AvgIpc) is 2.78. The monoisotopic (exact) mass is 245 g/mol. The molecule has 2 heteroatoms. The Hall–Kier alpha value is -1.44. The van der Waals surface area contributed by atoms with Gasteiger partial charge < -0.3 is 9.30 Å². The molecule has 1 aromatic carbocycles. The molecule has 0 aliphatic heterocycles. The number of rotatable bonds is 6. The molecular weight excluding hydrogens is 222 g/mol. The number of hydrogen-bond donors (Lipinski definition) is 0. The zero-order valence-electron chi connectivity index (χ0n) is 11.6. The minimum absolute atomic E-state index is 0.719. The Labute approximate surface area is 110 Å². The van der Waals surface area contributed by atoms with Crippen LogP contribution in [0.5, 0.6) is 5.75 Å². The average molecular weight is 245 g/mol. The highest BCUT2D eigenvalue weighted by Gasteiger charge is 2.05. The molecule has 0 fully saturated rings. The van der Waals surface area contributed by atoms with Crippen LogP contribution in [0.2, 0.25) is 0 Å². The van der Waals surface area contributed by atoms with Gasteiger partial charge in [-0.25, -0.2) is 0 Å². The molecule has 0 aliphatic rings. The van der Waals surface area contributed by atoms with Crippen molar-refractivity contribution in [2.45, 2.75) is 40.2 Å². The molecule has 2 aromatic rings. The summed E-state index contributed by atoms with van der Waals surface area (Å²) in [5.41, 5.74) is 1.30. The van der Waals surface area contributed by atoms with Crippen molar-refractivity contribution in [3.05, 3.63) is 30.5 Å². The lowest BCUT2D eigenvalue weighted by molar-refractivity contribution is 0.318. The highest BCUT2D eigenvalue weighted by Crippen LogP contribution is 2.23. The van der Waals surface area contributed by atoms with Crippen molar-refractivity contribution in [2.75, 3.05) is 6.61 Å². The predicted molar refractivity (Wildman–Crippen MR) is 77.2 cm³/mol. The first-order valence-corrected chi connectivity index (χ1v) is 6.96. The first kappa shape index (κ1) is 13.0. The van der Waals surface area contributed by atoms with Gasteiger partial charge in [-0.15, -0.1) is 0 Å². The van der Waals surface area contributed by atoms with E-state index in [0.717, 1.165) is 31.2 Å². The summed E-state index contributed by atoms with van der Waals surface area (Å²) in [7, 11) is 0. The molecule has 1 unspecified atom stereocenters. The van der Waals surface area contributed by atoms with E-state index in [1.165, 1.54) is 17.3 Å². The maximum Gasteiger partial charge on any atom is 0.120 e. The lowest BCUT2D eigenvalue weighted by Gasteiger charge is -2.11. The van der Waals surface area contributed by atoms with Gasteiger partial charge in [0.25, 0.3) is 0 Å². The minimum atomic E-state index is 0.719. The third-order valence-corrected chi connectivity index (χ3v) is 3.42. The van der Waals surface area contributed by atoms with E-state index in [-0.39, 0.29) is 0 Å². The van der Waals surface area contributed by atoms with Crippen molar-refractivity contribution in [1.82, 2.24) is 4.57 Å². The van der Waals surface area contributed by atoms with Crippen molar-refractivity contribution >= 4 is 10.9 Å². The Morgan fingerprint density at radius 1 is 1.22 bits per heavy atom. The maximum atomic E-state index is 5.67. The van der Waals surface area contributed by atoms with Crippen LogP contribution < -0.4 is 4.74 Å². The second-order valence-electron chi connectivity index (χ2n) is 5.05. The molecule has 98 valence electrons. The number of hydrogen-bond acceptors (Lipinski definition) is 1. The van der Waals surface area contributed by atoms with Gasteiger partial charge in [0, 0.05) is 23.6 Å². The van der Waals surface area contributed by atoms with Crippen LogP contribution in [0.3, 0.4) is 0 Å². The van der Waals surface area contributed by atoms with Crippen LogP contribution in [-0.2, 0) is 6.54 Å². The van der Waals surface area contributed by atoms with Crippen molar-refractivity contribution in [3.63, 3.8) is 0 Å². The van der Waals surface area contributed by atoms with Crippen LogP contribution >= 0.6 is 0 Å². The first-order chi connectivity index (χ1) is 8.74. The zero-order valence-corrected chi connectivity index (χ0v) is 11.6. The molecule has 1 heterocycles. The Morgan fingerprint density at radius 3 is 2.78 bits per heavy atom. The van der Waals surface area contributed by atoms with Gasteiger partial charge in [-0.1, -0.05) is 27.2 Å². The molecule has 0 spiro atoms. The van der Waals surface area contributed by atoms with Crippen molar-refractivity contribution in [3.8, 4) is 5.75 Å². The fourth-order valence-corrected chi connectivity index (χ4v) is 2.11. The fourth-order valence-electron chi connectivity index (χ4n) is 2.11. The van der Waals surface area contributed by atoms with Crippen molar-refractivity contribution in [1.29, 1.82) is 0 Å². The van der Waals surface area contributed by atoms with Gasteiger partial charge >= 0.3 is 0 Å². The molecule has 1 aromatic heterocycles. The van der Waals surface area contributed by atoms with Gasteiger partial charge in [-0.3, -0.25) is 0 Å². The second kappa shape index (κ2) is 5.94. The lowest BCUT2D eigenvalue weighted by atomic mass is 10.1. The molecule has 0 saturated carbocycles. The maximum absolute atomic E-state index is 5.67. The molecule has 0 aliphatic carbocycles. The molecule has 0 N–H and O–H groups in total. The van der Waals surface area contributed by atoms with Gasteiger partial charge in [-0.2, -0.15) is 0 Å². The van der Waals surface area contributed by atoms with Gasteiger partial charge in [-0.05, 0) is 36.6 Å². The van der Waals surface area contributed by atoms with E-state index in [0.29, 0.717) is 0 Å². The van der Waals surface area contributed by atoms with E-state index in [2.05, 4.69) is 55.8 Å². The predicted octanol–water partition coefficient (Wildman–Crippen LogP) is 4.48. The molecule has 0 bridgehead atoms. The SMILES string of the molecule is CCCOc1ccc2c(ccn2CC(C)CC)c1. The molecule has 1 atom stereocenters. The number of benzene rings is 1. The topological polar surface area (TPSA) is 14.2 Å². The van der Waals surface area contributed by atoms with Crippen LogP contribution in [0.15, 0.2) is 30.5 Å². The summed E-state index contributed by atoms with van der Waals surface area (Å²) in [4.78, 5) is 0. The van der Waals surface area contributed by atoms with Crippen LogP contribution in [0.1, 0.15) is 33.6 Å². The van der Waals surface area contributed by atoms with Crippen LogP contribution in [0.4, 0.5) is 0 Å². The molecule has 2 nitrogen and oxygen atoms in total. The first-order valence-electron chi connectivity index (χ1n) is 6.96. The summed E-state index contributed by atoms with van der Waals surface area (Å²) in [6.07, 6.45) is 4.45. The van der Waals surface area contributed by atoms with Gasteiger partial charge in [0.15, 0.2) is 0 Å². The Morgan fingerprint density at radius 2 is 2.06 bits per heavy atom. The summed E-state index contributed by atoms with van der Waals surface area (Å²) < 4.78 is 8.01. The van der Waals surface area contributed by atoms with E-state index in [1.54, 1.807) is 0 Å². The minimum Gasteiger partial charge on any atom is -0.494 e. The number of fused-ring (bicyclic) bond motifs is 1. The molecule has 0 radical (unpaired) electrons. The van der Waals surface area contributed by atoms with Crippen LogP contribution in [-0.4, -0.2) is 11.2 Å². The van der Waals surface area contributed by atoms with Gasteiger partial charge in [0.1, 0.15) is 5.75 Å². The molecular formula is C16H23NO. The van der Waals surface area contributed by atoms with Crippen molar-refractivity contribution < 1.29 is 4.74 Å². The lowest BCUT2D eigenvalue weighted by Crippen LogP contribution is -2.05. The number of aromatic nitrogens is 1. The van der Waals surface area contributed by atoms with E-state index >= 15 is 0 Å². The van der Waals surface area contributed by atoms with Gasteiger partial charge in [0.2, 0.25) is 0 Å². The second-order valence-corrected chi connectivity index (χ2v) is 5.05. The molecule has 0 amide bonds. The van der Waals surface area contributed by atoms with Gasteiger partial charge in [0.05, 0.1) is 6.61 Å². The van der Waals surface area contributed by atoms with E-state index in [4.69, 9.17) is 4.74 Å². The quantitative estimate of drug-likeness (QED) is 0.732. The molecule has 18 heavy (non-hydrogen) atoms. The summed E-state index contributed by atoms with van der Waals surface area (Å²) in [6, 6.07) is 8.56. The highest BCUT2D eigenvalue weighted by atomic mass is 16.5. The van der Waals surface area contributed by atoms with E-state index in [1.807, 2.05) is 0 Å². The Kier molecular flexibility index (Phi) is 4.29. The normalized spacial score (nSPS) is 12.8. The largest absolute Gasteiger partial charge is 0.494 e. The zero-order chi connectivity index (χ0) is 13.0. The molecule has 2 rings (SSSR count). The molecule has 0 saturated heterocycles. The van der Waals surface area contributed by atoms with E-state index in [9.17, 15) is 0 Å². The number of nitrogens with zero attached hydrogens (tertiary/aromatic N) is 1.